The third-order valence-corrected chi connectivity index (χ3v) is 3.06. The van der Waals surface area contributed by atoms with E-state index in [-0.39, 0.29) is 0 Å². The summed E-state index contributed by atoms with van der Waals surface area (Å²) in [6.45, 7) is 4.06. The Morgan fingerprint density at radius 3 is 2.62 bits per heavy atom. The standard InChI is InChI=1S/C12H12Cl2N2/c1-3-4-9-15-11-8(13)6-5-7(2)10(11)12(14)16-9/h5-6H,3-4H2,1-2H3. The predicted molar refractivity (Wildman–Crippen MR) is 68.3 cm³/mol. The number of hydrogen-bond donors (Lipinski definition) is 0. The number of rotatable bonds is 2. The van der Waals surface area contributed by atoms with Crippen LogP contribution in [-0.2, 0) is 6.42 Å². The molecule has 0 bridgehead atoms. The maximum atomic E-state index is 6.17. The lowest BCUT2D eigenvalue weighted by molar-refractivity contribution is 0.844. The van der Waals surface area contributed by atoms with Crippen LogP contribution in [0.3, 0.4) is 0 Å². The molecule has 0 spiro atoms. The van der Waals surface area contributed by atoms with Crippen molar-refractivity contribution in [2.75, 3.05) is 0 Å². The van der Waals surface area contributed by atoms with Crippen LogP contribution in [0.2, 0.25) is 10.2 Å². The van der Waals surface area contributed by atoms with Crippen molar-refractivity contribution in [2.24, 2.45) is 0 Å². The summed E-state index contributed by atoms with van der Waals surface area (Å²) in [7, 11) is 0. The SMILES string of the molecule is CCCc1nc(Cl)c2c(C)ccc(Cl)c2n1. The molecule has 84 valence electrons. The third-order valence-electron chi connectivity index (χ3n) is 2.49. The first kappa shape index (κ1) is 11.6. The van der Waals surface area contributed by atoms with Crippen LogP contribution in [0.25, 0.3) is 10.9 Å². The van der Waals surface area contributed by atoms with Crippen LogP contribution in [0.4, 0.5) is 0 Å². The molecule has 0 aliphatic heterocycles. The van der Waals surface area contributed by atoms with Crippen LogP contribution in [-0.4, -0.2) is 9.97 Å². The molecule has 0 radical (unpaired) electrons. The topological polar surface area (TPSA) is 25.8 Å². The summed E-state index contributed by atoms with van der Waals surface area (Å²) in [4.78, 5) is 8.75. The lowest BCUT2D eigenvalue weighted by Gasteiger charge is -2.07. The van der Waals surface area contributed by atoms with Gasteiger partial charge >= 0.3 is 0 Å². The number of aryl methyl sites for hydroxylation is 2. The highest BCUT2D eigenvalue weighted by Crippen LogP contribution is 2.29. The summed E-state index contributed by atoms with van der Waals surface area (Å²) in [5.74, 6) is 0.757. The van der Waals surface area contributed by atoms with E-state index >= 15 is 0 Å². The molecular formula is C12H12Cl2N2. The Morgan fingerprint density at radius 1 is 1.19 bits per heavy atom. The summed E-state index contributed by atoms with van der Waals surface area (Å²) >= 11 is 12.3. The summed E-state index contributed by atoms with van der Waals surface area (Å²) in [6.07, 6.45) is 1.81. The molecule has 4 heteroatoms. The number of hydrogen-bond acceptors (Lipinski definition) is 2. The Labute approximate surface area is 105 Å². The number of nitrogens with zero attached hydrogens (tertiary/aromatic N) is 2. The molecule has 1 heterocycles. The molecule has 0 aliphatic carbocycles. The smallest absolute Gasteiger partial charge is 0.140 e. The molecule has 0 atom stereocenters. The van der Waals surface area contributed by atoms with Crippen molar-refractivity contribution < 1.29 is 0 Å². The highest BCUT2D eigenvalue weighted by molar-refractivity contribution is 6.38. The van der Waals surface area contributed by atoms with Crippen LogP contribution < -0.4 is 0 Å². The number of fused-ring (bicyclic) bond motifs is 1. The maximum Gasteiger partial charge on any atom is 0.140 e. The van der Waals surface area contributed by atoms with Crippen molar-refractivity contribution in [1.29, 1.82) is 0 Å². The molecule has 0 unspecified atom stereocenters. The highest BCUT2D eigenvalue weighted by atomic mass is 35.5. The van der Waals surface area contributed by atoms with Gasteiger partial charge in [-0.25, -0.2) is 9.97 Å². The number of benzene rings is 1. The normalized spacial score (nSPS) is 11.0. The molecule has 2 rings (SSSR count). The van der Waals surface area contributed by atoms with Crippen molar-refractivity contribution in [2.45, 2.75) is 26.7 Å². The van der Waals surface area contributed by atoms with E-state index < -0.39 is 0 Å². The first-order valence-corrected chi connectivity index (χ1v) is 6.00. The van der Waals surface area contributed by atoms with Crippen LogP contribution >= 0.6 is 23.2 Å². The van der Waals surface area contributed by atoms with Gasteiger partial charge in [-0.2, -0.15) is 0 Å². The summed E-state index contributed by atoms with van der Waals surface area (Å²) in [5.41, 5.74) is 1.80. The van der Waals surface area contributed by atoms with Crippen molar-refractivity contribution >= 4 is 34.1 Å². The monoisotopic (exact) mass is 254 g/mol. The van der Waals surface area contributed by atoms with E-state index in [0.717, 1.165) is 35.1 Å². The summed E-state index contributed by atoms with van der Waals surface area (Å²) < 4.78 is 0. The third kappa shape index (κ3) is 2.00. The molecular weight excluding hydrogens is 243 g/mol. The summed E-state index contributed by atoms with van der Waals surface area (Å²) in [5, 5.41) is 1.98. The van der Waals surface area contributed by atoms with Gasteiger partial charge < -0.3 is 0 Å². The number of aromatic nitrogens is 2. The fourth-order valence-electron chi connectivity index (χ4n) is 1.69. The van der Waals surface area contributed by atoms with Gasteiger partial charge in [-0.15, -0.1) is 0 Å². The van der Waals surface area contributed by atoms with Gasteiger partial charge in [0.25, 0.3) is 0 Å². The van der Waals surface area contributed by atoms with Gasteiger partial charge in [-0.3, -0.25) is 0 Å². The highest BCUT2D eigenvalue weighted by Gasteiger charge is 2.10. The van der Waals surface area contributed by atoms with Crippen LogP contribution in [0.15, 0.2) is 12.1 Å². The van der Waals surface area contributed by atoms with Gasteiger partial charge in [0.1, 0.15) is 11.0 Å². The second-order valence-corrected chi connectivity index (χ2v) is 4.53. The Hall–Kier alpha value is -0.860. The first-order valence-electron chi connectivity index (χ1n) is 5.24. The molecule has 1 aromatic heterocycles. The fraction of sp³-hybridized carbons (Fsp3) is 0.333. The van der Waals surface area contributed by atoms with Crippen LogP contribution in [0.1, 0.15) is 24.7 Å². The molecule has 0 saturated carbocycles. The molecule has 2 aromatic rings. The minimum atomic E-state index is 0.494. The van der Waals surface area contributed by atoms with E-state index in [1.165, 1.54) is 0 Å². The second-order valence-electron chi connectivity index (χ2n) is 3.77. The minimum Gasteiger partial charge on any atom is -0.231 e. The predicted octanol–water partition coefficient (Wildman–Crippen LogP) is 4.20. The summed E-state index contributed by atoms with van der Waals surface area (Å²) in [6, 6.07) is 3.78. The Balaban J connectivity index is 2.76. The zero-order valence-electron chi connectivity index (χ0n) is 9.22. The molecule has 1 aromatic carbocycles. The van der Waals surface area contributed by atoms with E-state index in [1.807, 2.05) is 19.1 Å². The average molecular weight is 255 g/mol. The van der Waals surface area contributed by atoms with E-state index in [4.69, 9.17) is 23.2 Å². The largest absolute Gasteiger partial charge is 0.231 e. The van der Waals surface area contributed by atoms with E-state index in [2.05, 4.69) is 16.9 Å². The van der Waals surface area contributed by atoms with Crippen LogP contribution in [0, 0.1) is 6.92 Å². The van der Waals surface area contributed by atoms with Gasteiger partial charge in [-0.1, -0.05) is 36.2 Å². The number of halogens is 2. The van der Waals surface area contributed by atoms with Crippen molar-refractivity contribution in [1.82, 2.24) is 9.97 Å². The zero-order chi connectivity index (χ0) is 11.7. The first-order chi connectivity index (χ1) is 7.63. The lowest BCUT2D eigenvalue weighted by atomic mass is 10.1. The van der Waals surface area contributed by atoms with Gasteiger partial charge in [0.2, 0.25) is 0 Å². The average Bonchev–Trinajstić information content (AvgIpc) is 2.23. The van der Waals surface area contributed by atoms with Gasteiger partial charge in [0, 0.05) is 11.8 Å². The molecule has 16 heavy (non-hydrogen) atoms. The Morgan fingerprint density at radius 2 is 1.94 bits per heavy atom. The van der Waals surface area contributed by atoms with E-state index in [9.17, 15) is 0 Å². The van der Waals surface area contributed by atoms with Crippen LogP contribution in [0.5, 0.6) is 0 Å². The molecule has 2 nitrogen and oxygen atoms in total. The second kappa shape index (κ2) is 4.56. The molecule has 0 fully saturated rings. The van der Waals surface area contributed by atoms with Crippen molar-refractivity contribution in [3.63, 3.8) is 0 Å². The molecule has 0 amide bonds. The van der Waals surface area contributed by atoms with Gasteiger partial charge in [0.15, 0.2) is 0 Å². The molecule has 0 aliphatic rings. The fourth-order valence-corrected chi connectivity index (χ4v) is 2.23. The minimum absolute atomic E-state index is 0.494. The van der Waals surface area contributed by atoms with E-state index in [1.54, 1.807) is 0 Å². The lowest BCUT2D eigenvalue weighted by Crippen LogP contribution is -1.97. The Kier molecular flexibility index (Phi) is 3.31. The molecule has 0 saturated heterocycles. The van der Waals surface area contributed by atoms with Gasteiger partial charge in [0.05, 0.1) is 10.5 Å². The molecule has 0 N–H and O–H groups in total. The quantitative estimate of drug-likeness (QED) is 0.751. The maximum absolute atomic E-state index is 6.17. The Bertz CT molecular complexity index is 538. The zero-order valence-corrected chi connectivity index (χ0v) is 10.7. The van der Waals surface area contributed by atoms with Gasteiger partial charge in [-0.05, 0) is 25.0 Å². The van der Waals surface area contributed by atoms with Crippen molar-refractivity contribution in [3.8, 4) is 0 Å². The van der Waals surface area contributed by atoms with Crippen molar-refractivity contribution in [3.05, 3.63) is 33.7 Å². The van der Waals surface area contributed by atoms with E-state index in [0.29, 0.717) is 10.2 Å².